The molecule has 0 aliphatic carbocycles. The van der Waals surface area contributed by atoms with Crippen LogP contribution in [0, 0.1) is 18.6 Å². The maximum atomic E-state index is 13.3. The zero-order valence-electron chi connectivity index (χ0n) is 9.96. The van der Waals surface area contributed by atoms with Gasteiger partial charge in [0.2, 0.25) is 0 Å². The molecule has 1 heterocycles. The van der Waals surface area contributed by atoms with Crippen LogP contribution in [-0.4, -0.2) is 10.9 Å². The second-order valence-corrected chi connectivity index (χ2v) is 3.97. The highest BCUT2D eigenvalue weighted by atomic mass is 19.1. The van der Waals surface area contributed by atoms with Gasteiger partial charge in [-0.3, -0.25) is 9.59 Å². The van der Waals surface area contributed by atoms with E-state index in [-0.39, 0.29) is 11.3 Å². The summed E-state index contributed by atoms with van der Waals surface area (Å²) in [5, 5.41) is 2.15. The van der Waals surface area contributed by atoms with Gasteiger partial charge in [-0.25, -0.2) is 8.78 Å². The minimum absolute atomic E-state index is 0.172. The molecule has 1 aromatic heterocycles. The Hall–Kier alpha value is -2.50. The van der Waals surface area contributed by atoms with Crippen LogP contribution in [0.2, 0.25) is 0 Å². The Kier molecular flexibility index (Phi) is 3.41. The maximum Gasteiger partial charge on any atom is 0.261 e. The number of halogens is 2. The largest absolute Gasteiger partial charge is 0.364 e. The topological polar surface area (TPSA) is 62.0 Å². The van der Waals surface area contributed by atoms with Crippen molar-refractivity contribution in [2.45, 2.75) is 6.92 Å². The number of nitrogens with one attached hydrogen (secondary N) is 2. The van der Waals surface area contributed by atoms with Crippen LogP contribution in [0.4, 0.5) is 14.5 Å². The van der Waals surface area contributed by atoms with Crippen molar-refractivity contribution in [3.8, 4) is 0 Å². The first-order chi connectivity index (χ1) is 8.97. The van der Waals surface area contributed by atoms with E-state index in [4.69, 9.17) is 0 Å². The monoisotopic (exact) mass is 264 g/mol. The highest BCUT2D eigenvalue weighted by Gasteiger charge is 2.13. The van der Waals surface area contributed by atoms with Crippen molar-refractivity contribution in [3.05, 3.63) is 63.6 Å². The first kappa shape index (κ1) is 12.9. The van der Waals surface area contributed by atoms with E-state index in [1.165, 1.54) is 12.3 Å². The minimum atomic E-state index is -0.800. The lowest BCUT2D eigenvalue weighted by Gasteiger charge is -2.06. The van der Waals surface area contributed by atoms with Gasteiger partial charge < -0.3 is 10.3 Å². The van der Waals surface area contributed by atoms with Gasteiger partial charge in [0, 0.05) is 24.0 Å². The summed E-state index contributed by atoms with van der Waals surface area (Å²) in [4.78, 5) is 26.1. The number of pyridine rings is 1. The number of H-pyrrole nitrogens is 1. The fourth-order valence-electron chi connectivity index (χ4n) is 1.53. The summed E-state index contributed by atoms with van der Waals surface area (Å²) in [5.74, 6) is -2.27. The second-order valence-electron chi connectivity index (χ2n) is 3.97. The van der Waals surface area contributed by atoms with Crippen molar-refractivity contribution in [3.63, 3.8) is 0 Å². The molecular weight excluding hydrogens is 254 g/mol. The van der Waals surface area contributed by atoms with Gasteiger partial charge in [0.15, 0.2) is 5.43 Å². The number of hydrogen-bond acceptors (Lipinski definition) is 2. The maximum absolute atomic E-state index is 13.3. The van der Waals surface area contributed by atoms with Gasteiger partial charge in [0.05, 0.1) is 5.69 Å². The highest BCUT2D eigenvalue weighted by molar-refractivity contribution is 6.04. The molecule has 0 spiro atoms. The molecule has 2 aromatic rings. The molecule has 0 aliphatic heterocycles. The molecule has 0 saturated heterocycles. The SMILES string of the molecule is Cc1cc(=O)c(C(=O)Nc2cc(F)ccc2F)c[nH]1. The molecule has 0 bridgehead atoms. The zero-order valence-corrected chi connectivity index (χ0v) is 9.96. The van der Waals surface area contributed by atoms with Gasteiger partial charge in [-0.2, -0.15) is 0 Å². The van der Waals surface area contributed by atoms with Crippen molar-refractivity contribution in [1.82, 2.24) is 4.98 Å². The Morgan fingerprint density at radius 2 is 2.00 bits per heavy atom. The molecule has 0 fully saturated rings. The van der Waals surface area contributed by atoms with Gasteiger partial charge in [-0.1, -0.05) is 0 Å². The number of anilines is 1. The predicted molar refractivity (Wildman–Crippen MR) is 66.1 cm³/mol. The molecule has 0 atom stereocenters. The van der Waals surface area contributed by atoms with Crippen LogP contribution < -0.4 is 10.7 Å². The second kappa shape index (κ2) is 5.01. The Balaban J connectivity index is 2.31. The van der Waals surface area contributed by atoms with E-state index in [1.807, 2.05) is 0 Å². The third-order valence-corrected chi connectivity index (χ3v) is 2.48. The van der Waals surface area contributed by atoms with Crippen LogP contribution in [0.15, 0.2) is 35.3 Å². The summed E-state index contributed by atoms with van der Waals surface area (Å²) < 4.78 is 26.3. The summed E-state index contributed by atoms with van der Waals surface area (Å²) >= 11 is 0. The fourth-order valence-corrected chi connectivity index (χ4v) is 1.53. The number of carbonyl (C=O) groups is 1. The number of aromatic nitrogens is 1. The van der Waals surface area contributed by atoms with E-state index in [0.717, 1.165) is 18.2 Å². The molecule has 0 aliphatic rings. The third-order valence-electron chi connectivity index (χ3n) is 2.48. The summed E-state index contributed by atoms with van der Waals surface area (Å²) in [6, 6.07) is 3.92. The Labute approximate surface area is 107 Å². The molecule has 98 valence electrons. The first-order valence-electron chi connectivity index (χ1n) is 5.43. The molecule has 0 saturated carbocycles. The van der Waals surface area contributed by atoms with Crippen molar-refractivity contribution in [2.24, 2.45) is 0 Å². The van der Waals surface area contributed by atoms with E-state index in [0.29, 0.717) is 5.69 Å². The quantitative estimate of drug-likeness (QED) is 0.873. The number of rotatable bonds is 2. The summed E-state index contributed by atoms with van der Waals surface area (Å²) in [6.07, 6.45) is 1.23. The van der Waals surface area contributed by atoms with Crippen LogP contribution in [0.3, 0.4) is 0 Å². The molecule has 2 rings (SSSR count). The van der Waals surface area contributed by atoms with E-state index >= 15 is 0 Å². The molecular formula is C13H10F2N2O2. The van der Waals surface area contributed by atoms with Crippen molar-refractivity contribution < 1.29 is 13.6 Å². The molecule has 4 nitrogen and oxygen atoms in total. The average molecular weight is 264 g/mol. The van der Waals surface area contributed by atoms with Gasteiger partial charge in [-0.15, -0.1) is 0 Å². The smallest absolute Gasteiger partial charge is 0.261 e. The number of amides is 1. The number of aromatic amines is 1. The van der Waals surface area contributed by atoms with Crippen molar-refractivity contribution >= 4 is 11.6 Å². The summed E-state index contributed by atoms with van der Waals surface area (Å²) in [5.41, 5.74) is -0.386. The number of carbonyl (C=O) groups excluding carboxylic acids is 1. The first-order valence-corrected chi connectivity index (χ1v) is 5.43. The predicted octanol–water partition coefficient (Wildman–Crippen LogP) is 2.21. The average Bonchev–Trinajstić information content (AvgIpc) is 2.33. The lowest BCUT2D eigenvalue weighted by Crippen LogP contribution is -2.22. The lowest BCUT2D eigenvalue weighted by atomic mass is 10.2. The molecule has 0 unspecified atom stereocenters. The highest BCUT2D eigenvalue weighted by Crippen LogP contribution is 2.15. The minimum Gasteiger partial charge on any atom is -0.364 e. The molecule has 1 aromatic carbocycles. The van der Waals surface area contributed by atoms with Crippen LogP contribution >= 0.6 is 0 Å². The zero-order chi connectivity index (χ0) is 14.0. The number of hydrogen-bond donors (Lipinski definition) is 2. The van der Waals surface area contributed by atoms with Crippen LogP contribution in [0.25, 0.3) is 0 Å². The Morgan fingerprint density at radius 3 is 2.68 bits per heavy atom. The molecule has 6 heteroatoms. The summed E-state index contributed by atoms with van der Waals surface area (Å²) in [7, 11) is 0. The van der Waals surface area contributed by atoms with Crippen LogP contribution in [-0.2, 0) is 0 Å². The van der Waals surface area contributed by atoms with Gasteiger partial charge in [0.1, 0.15) is 17.2 Å². The number of aryl methyl sites for hydroxylation is 1. The van der Waals surface area contributed by atoms with E-state index < -0.39 is 23.0 Å². The van der Waals surface area contributed by atoms with Gasteiger partial charge in [0.25, 0.3) is 5.91 Å². The standard InChI is InChI=1S/C13H10F2N2O2/c1-7-4-12(18)9(6-16-7)13(19)17-11-5-8(14)2-3-10(11)15/h2-6H,1H3,(H,16,18)(H,17,19). The fraction of sp³-hybridized carbons (Fsp3) is 0.0769. The van der Waals surface area contributed by atoms with Gasteiger partial charge in [-0.05, 0) is 19.1 Å². The third kappa shape index (κ3) is 2.85. The molecule has 2 N–H and O–H groups in total. The molecule has 1 amide bonds. The van der Waals surface area contributed by atoms with E-state index in [2.05, 4.69) is 10.3 Å². The number of benzene rings is 1. The Morgan fingerprint density at radius 1 is 1.26 bits per heavy atom. The Bertz CT molecular complexity index is 695. The van der Waals surface area contributed by atoms with Gasteiger partial charge >= 0.3 is 0 Å². The lowest BCUT2D eigenvalue weighted by molar-refractivity contribution is 0.102. The van der Waals surface area contributed by atoms with Crippen molar-refractivity contribution in [1.29, 1.82) is 0 Å². The molecule has 0 radical (unpaired) electrons. The van der Waals surface area contributed by atoms with Crippen molar-refractivity contribution in [2.75, 3.05) is 5.32 Å². The van der Waals surface area contributed by atoms with E-state index in [9.17, 15) is 18.4 Å². The molecule has 19 heavy (non-hydrogen) atoms. The normalized spacial score (nSPS) is 10.3. The van der Waals surface area contributed by atoms with Crippen LogP contribution in [0.1, 0.15) is 16.1 Å². The van der Waals surface area contributed by atoms with Crippen LogP contribution in [0.5, 0.6) is 0 Å². The summed E-state index contributed by atoms with van der Waals surface area (Å²) in [6.45, 7) is 1.66. The van der Waals surface area contributed by atoms with E-state index in [1.54, 1.807) is 6.92 Å².